The molecule has 1 aromatic heterocycles. The average Bonchev–Trinajstić information content (AvgIpc) is 2.30. The smallest absolute Gasteiger partial charge is 0.244 e. The number of amides is 1. The fraction of sp³-hybridized carbons (Fsp3) is 0.500. The van der Waals surface area contributed by atoms with Gasteiger partial charge in [0.25, 0.3) is 0 Å². The van der Waals surface area contributed by atoms with Gasteiger partial charge in [0.05, 0.1) is 0 Å². The largest absolute Gasteiger partial charge is 0.359 e. The number of rotatable bonds is 5. The quantitative estimate of drug-likeness (QED) is 0.822. The lowest BCUT2D eigenvalue weighted by Crippen LogP contribution is -2.41. The van der Waals surface area contributed by atoms with Crippen LogP contribution in [0, 0.1) is 0 Å². The molecule has 17 heavy (non-hydrogen) atoms. The Balaban J connectivity index is 2.65. The summed E-state index contributed by atoms with van der Waals surface area (Å²) < 4.78 is 0. The summed E-state index contributed by atoms with van der Waals surface area (Å²) in [4.78, 5) is 17.9. The van der Waals surface area contributed by atoms with Gasteiger partial charge in [-0.1, -0.05) is 17.7 Å². The van der Waals surface area contributed by atoms with E-state index >= 15 is 0 Å². The molecule has 1 N–H and O–H groups in total. The number of hydrogen-bond acceptors (Lipinski definition) is 3. The first kappa shape index (κ1) is 13.8. The molecular weight excluding hydrogens is 238 g/mol. The van der Waals surface area contributed by atoms with Crippen molar-refractivity contribution in [1.29, 1.82) is 0 Å². The zero-order valence-electron chi connectivity index (χ0n) is 10.4. The number of carbonyl (C=O) groups excluding carboxylic acids is 1. The van der Waals surface area contributed by atoms with Crippen molar-refractivity contribution in [3.8, 4) is 0 Å². The third-order valence-electron chi connectivity index (χ3n) is 2.53. The predicted molar refractivity (Wildman–Crippen MR) is 70.3 cm³/mol. The number of aromatic nitrogens is 1. The first-order chi connectivity index (χ1) is 8.08. The van der Waals surface area contributed by atoms with Crippen molar-refractivity contribution in [2.45, 2.75) is 26.8 Å². The zero-order valence-corrected chi connectivity index (χ0v) is 11.2. The van der Waals surface area contributed by atoms with Crippen LogP contribution in [0.25, 0.3) is 0 Å². The van der Waals surface area contributed by atoms with Crippen LogP contribution in [0.15, 0.2) is 18.2 Å². The summed E-state index contributed by atoms with van der Waals surface area (Å²) >= 11 is 5.78. The van der Waals surface area contributed by atoms with Crippen molar-refractivity contribution in [3.05, 3.63) is 23.4 Å². The molecule has 0 spiro atoms. The topological polar surface area (TPSA) is 45.2 Å². The van der Waals surface area contributed by atoms with Gasteiger partial charge in [0.1, 0.15) is 17.0 Å². The zero-order chi connectivity index (χ0) is 12.8. The minimum Gasteiger partial charge on any atom is -0.359 e. The second kappa shape index (κ2) is 6.45. The van der Waals surface area contributed by atoms with Gasteiger partial charge in [-0.15, -0.1) is 0 Å². The van der Waals surface area contributed by atoms with Gasteiger partial charge in [0, 0.05) is 13.1 Å². The van der Waals surface area contributed by atoms with Crippen molar-refractivity contribution in [3.63, 3.8) is 0 Å². The van der Waals surface area contributed by atoms with E-state index in [0.717, 1.165) is 0 Å². The number of pyridine rings is 1. The SMILES string of the molecule is CCN(CC)C(=O)C(C)Nc1cccc(Cl)n1. The molecule has 1 unspecified atom stereocenters. The van der Waals surface area contributed by atoms with Gasteiger partial charge < -0.3 is 10.2 Å². The van der Waals surface area contributed by atoms with E-state index in [0.29, 0.717) is 24.1 Å². The second-order valence-corrected chi connectivity index (χ2v) is 4.11. The lowest BCUT2D eigenvalue weighted by molar-refractivity contribution is -0.131. The highest BCUT2D eigenvalue weighted by molar-refractivity contribution is 6.29. The molecule has 0 fully saturated rings. The van der Waals surface area contributed by atoms with E-state index in [4.69, 9.17) is 11.6 Å². The molecule has 0 aromatic carbocycles. The third kappa shape index (κ3) is 3.89. The molecule has 0 aliphatic heterocycles. The number of likely N-dealkylation sites (N-methyl/N-ethyl adjacent to an activating group) is 1. The summed E-state index contributed by atoms with van der Waals surface area (Å²) in [6.45, 7) is 7.18. The molecule has 5 heteroatoms. The molecule has 4 nitrogen and oxygen atoms in total. The first-order valence-corrected chi connectivity index (χ1v) is 6.14. The molecule has 94 valence electrons. The number of anilines is 1. The molecule has 0 saturated carbocycles. The standard InChI is InChI=1S/C12H18ClN3O/c1-4-16(5-2)12(17)9(3)14-11-8-6-7-10(13)15-11/h6-9H,4-5H2,1-3H3,(H,14,15). The van der Waals surface area contributed by atoms with Crippen LogP contribution >= 0.6 is 11.6 Å². The van der Waals surface area contributed by atoms with Crippen LogP contribution in [0.2, 0.25) is 5.15 Å². The Hall–Kier alpha value is -1.29. The number of nitrogens with zero attached hydrogens (tertiary/aromatic N) is 2. The van der Waals surface area contributed by atoms with E-state index < -0.39 is 0 Å². The second-order valence-electron chi connectivity index (χ2n) is 3.72. The van der Waals surface area contributed by atoms with E-state index in [1.54, 1.807) is 23.1 Å². The molecule has 0 bridgehead atoms. The maximum Gasteiger partial charge on any atom is 0.244 e. The molecule has 1 rings (SSSR count). The Morgan fingerprint density at radius 3 is 2.65 bits per heavy atom. The molecular formula is C12H18ClN3O. The van der Waals surface area contributed by atoms with Crippen LogP contribution in [0.3, 0.4) is 0 Å². The van der Waals surface area contributed by atoms with Crippen molar-refractivity contribution in [2.24, 2.45) is 0 Å². The number of carbonyl (C=O) groups is 1. The van der Waals surface area contributed by atoms with E-state index in [1.165, 1.54) is 0 Å². The van der Waals surface area contributed by atoms with Gasteiger partial charge in [0.15, 0.2) is 0 Å². The molecule has 0 radical (unpaired) electrons. The number of hydrogen-bond donors (Lipinski definition) is 1. The van der Waals surface area contributed by atoms with E-state index in [-0.39, 0.29) is 11.9 Å². The Labute approximate surface area is 107 Å². The maximum absolute atomic E-state index is 12.0. The van der Waals surface area contributed by atoms with Gasteiger partial charge in [-0.2, -0.15) is 0 Å². The molecule has 1 heterocycles. The molecule has 0 aliphatic rings. The normalized spacial score (nSPS) is 12.0. The fourth-order valence-corrected chi connectivity index (χ4v) is 1.75. The van der Waals surface area contributed by atoms with Gasteiger partial charge in [-0.05, 0) is 32.9 Å². The van der Waals surface area contributed by atoms with Crippen molar-refractivity contribution < 1.29 is 4.79 Å². The summed E-state index contributed by atoms with van der Waals surface area (Å²) in [5.41, 5.74) is 0. The van der Waals surface area contributed by atoms with Gasteiger partial charge in [-0.3, -0.25) is 4.79 Å². The highest BCUT2D eigenvalue weighted by Crippen LogP contribution is 2.11. The molecule has 0 saturated heterocycles. The fourth-order valence-electron chi connectivity index (χ4n) is 1.58. The van der Waals surface area contributed by atoms with Crippen molar-refractivity contribution in [2.75, 3.05) is 18.4 Å². The Morgan fingerprint density at radius 2 is 2.12 bits per heavy atom. The third-order valence-corrected chi connectivity index (χ3v) is 2.74. The van der Waals surface area contributed by atoms with E-state index in [2.05, 4.69) is 10.3 Å². The monoisotopic (exact) mass is 255 g/mol. The minimum atomic E-state index is -0.305. The van der Waals surface area contributed by atoms with Crippen molar-refractivity contribution >= 4 is 23.3 Å². The lowest BCUT2D eigenvalue weighted by Gasteiger charge is -2.23. The van der Waals surface area contributed by atoms with Gasteiger partial charge in [-0.25, -0.2) is 4.98 Å². The summed E-state index contributed by atoms with van der Waals surface area (Å²) in [5, 5.41) is 3.46. The Kier molecular flexibility index (Phi) is 5.22. The van der Waals surface area contributed by atoms with Crippen LogP contribution in [-0.4, -0.2) is 34.9 Å². The van der Waals surface area contributed by atoms with Gasteiger partial charge >= 0.3 is 0 Å². The number of nitrogens with one attached hydrogen (secondary N) is 1. The highest BCUT2D eigenvalue weighted by Gasteiger charge is 2.17. The Morgan fingerprint density at radius 1 is 1.47 bits per heavy atom. The summed E-state index contributed by atoms with van der Waals surface area (Å²) in [6, 6.07) is 4.98. The minimum absolute atomic E-state index is 0.0665. The molecule has 1 atom stereocenters. The van der Waals surface area contributed by atoms with Crippen LogP contribution in [0.5, 0.6) is 0 Å². The van der Waals surface area contributed by atoms with E-state index in [9.17, 15) is 4.79 Å². The van der Waals surface area contributed by atoms with Crippen LogP contribution in [-0.2, 0) is 4.79 Å². The summed E-state index contributed by atoms with van der Waals surface area (Å²) in [7, 11) is 0. The van der Waals surface area contributed by atoms with Crippen LogP contribution < -0.4 is 5.32 Å². The van der Waals surface area contributed by atoms with Crippen LogP contribution in [0.4, 0.5) is 5.82 Å². The highest BCUT2D eigenvalue weighted by atomic mass is 35.5. The lowest BCUT2D eigenvalue weighted by atomic mass is 10.2. The Bertz CT molecular complexity index is 380. The van der Waals surface area contributed by atoms with Crippen LogP contribution in [0.1, 0.15) is 20.8 Å². The number of halogens is 1. The van der Waals surface area contributed by atoms with Gasteiger partial charge in [0.2, 0.25) is 5.91 Å². The molecule has 1 amide bonds. The maximum atomic E-state index is 12.0. The predicted octanol–water partition coefficient (Wildman–Crippen LogP) is 2.40. The molecule has 0 aliphatic carbocycles. The van der Waals surface area contributed by atoms with E-state index in [1.807, 2.05) is 20.8 Å². The average molecular weight is 256 g/mol. The van der Waals surface area contributed by atoms with Crippen molar-refractivity contribution in [1.82, 2.24) is 9.88 Å². The summed E-state index contributed by atoms with van der Waals surface area (Å²) in [6.07, 6.45) is 0. The first-order valence-electron chi connectivity index (χ1n) is 5.76. The summed E-state index contributed by atoms with van der Waals surface area (Å²) in [5.74, 6) is 0.683. The molecule has 1 aromatic rings.